The van der Waals surface area contributed by atoms with Gasteiger partial charge in [-0.15, -0.1) is 0 Å². The summed E-state index contributed by atoms with van der Waals surface area (Å²) in [5.74, 6) is -0.592. The zero-order valence-electron chi connectivity index (χ0n) is 15.0. The summed E-state index contributed by atoms with van der Waals surface area (Å²) >= 11 is 0. The van der Waals surface area contributed by atoms with Crippen LogP contribution in [-0.4, -0.2) is 58.7 Å². The van der Waals surface area contributed by atoms with Gasteiger partial charge in [0.1, 0.15) is 11.4 Å². The molecule has 26 heavy (non-hydrogen) atoms. The molecular formula is C19H25FN2O4. The third-order valence-electron chi connectivity index (χ3n) is 5.40. The standard InChI is InChI=1S/C19H25FN2O4/c1-21-18(25)22(17(24)19(21)9-5-2-6-10-19)11-15(23)13-26-12-14-7-3-4-8-16(14)20/h3-4,7-8,15,23H,2,5-6,9-13H2,1H3. The quantitative estimate of drug-likeness (QED) is 0.787. The Bertz CT molecular complexity index is 675. The average Bonchev–Trinajstić information content (AvgIpc) is 2.80. The maximum Gasteiger partial charge on any atom is 0.327 e. The number of likely N-dealkylation sites (N-methyl/N-ethyl adjacent to an activating group) is 1. The molecule has 1 atom stereocenters. The Kier molecular flexibility index (Phi) is 5.58. The molecule has 3 amide bonds. The van der Waals surface area contributed by atoms with Crippen LogP contribution in [0.25, 0.3) is 0 Å². The monoisotopic (exact) mass is 364 g/mol. The lowest BCUT2D eigenvalue weighted by molar-refractivity contribution is -0.135. The van der Waals surface area contributed by atoms with Crippen molar-refractivity contribution in [2.24, 2.45) is 0 Å². The van der Waals surface area contributed by atoms with Gasteiger partial charge in [-0.3, -0.25) is 9.69 Å². The van der Waals surface area contributed by atoms with Crippen molar-refractivity contribution in [3.8, 4) is 0 Å². The van der Waals surface area contributed by atoms with E-state index >= 15 is 0 Å². The van der Waals surface area contributed by atoms with Crippen molar-refractivity contribution in [2.45, 2.75) is 50.4 Å². The van der Waals surface area contributed by atoms with Gasteiger partial charge in [-0.25, -0.2) is 9.18 Å². The van der Waals surface area contributed by atoms with E-state index in [1.165, 1.54) is 11.0 Å². The lowest BCUT2D eigenvalue weighted by Gasteiger charge is -2.35. The van der Waals surface area contributed by atoms with E-state index in [1.807, 2.05) is 0 Å². The van der Waals surface area contributed by atoms with Gasteiger partial charge in [0, 0.05) is 12.6 Å². The number of urea groups is 1. The molecule has 1 N–H and O–H groups in total. The van der Waals surface area contributed by atoms with Crippen LogP contribution in [0, 0.1) is 5.82 Å². The fourth-order valence-corrected chi connectivity index (χ4v) is 3.88. The number of hydrogen-bond donors (Lipinski definition) is 1. The molecule has 0 aromatic heterocycles. The van der Waals surface area contributed by atoms with E-state index in [4.69, 9.17) is 4.74 Å². The molecule has 0 bridgehead atoms. The number of aliphatic hydroxyl groups excluding tert-OH is 1. The van der Waals surface area contributed by atoms with Crippen molar-refractivity contribution in [3.05, 3.63) is 35.6 Å². The number of carbonyl (C=O) groups is 2. The van der Waals surface area contributed by atoms with Crippen molar-refractivity contribution in [2.75, 3.05) is 20.2 Å². The van der Waals surface area contributed by atoms with Gasteiger partial charge in [-0.1, -0.05) is 37.5 Å². The van der Waals surface area contributed by atoms with Crippen LogP contribution in [0.2, 0.25) is 0 Å². The fraction of sp³-hybridized carbons (Fsp3) is 0.579. The normalized spacial score (nSPS) is 20.9. The average molecular weight is 364 g/mol. The van der Waals surface area contributed by atoms with E-state index in [9.17, 15) is 19.1 Å². The van der Waals surface area contributed by atoms with E-state index in [-0.39, 0.29) is 37.5 Å². The lowest BCUT2D eigenvalue weighted by atomic mass is 9.81. The minimum absolute atomic E-state index is 0.0233. The maximum absolute atomic E-state index is 13.5. The van der Waals surface area contributed by atoms with Gasteiger partial charge < -0.3 is 14.7 Å². The molecule has 0 radical (unpaired) electrons. The summed E-state index contributed by atoms with van der Waals surface area (Å²) in [5, 5.41) is 10.2. The van der Waals surface area contributed by atoms with Crippen LogP contribution in [0.15, 0.2) is 24.3 Å². The zero-order valence-corrected chi connectivity index (χ0v) is 15.0. The molecule has 142 valence electrons. The van der Waals surface area contributed by atoms with Crippen LogP contribution in [-0.2, 0) is 16.1 Å². The molecular weight excluding hydrogens is 339 g/mol. The number of benzene rings is 1. The van der Waals surface area contributed by atoms with Crippen molar-refractivity contribution >= 4 is 11.9 Å². The number of β-amino-alcohol motifs (C(OH)–C–C–N with tert-alkyl or cyclic N) is 1. The Labute approximate surface area is 152 Å². The summed E-state index contributed by atoms with van der Waals surface area (Å²) in [6, 6.07) is 5.88. The molecule has 7 heteroatoms. The van der Waals surface area contributed by atoms with Gasteiger partial charge in [0.25, 0.3) is 5.91 Å². The summed E-state index contributed by atoms with van der Waals surface area (Å²) in [5.41, 5.74) is -0.350. The highest BCUT2D eigenvalue weighted by atomic mass is 19.1. The van der Waals surface area contributed by atoms with E-state index in [1.54, 1.807) is 25.2 Å². The predicted molar refractivity (Wildman–Crippen MR) is 92.8 cm³/mol. The first-order valence-electron chi connectivity index (χ1n) is 9.05. The van der Waals surface area contributed by atoms with Crippen LogP contribution in [0.1, 0.15) is 37.7 Å². The molecule has 1 spiro atoms. The first-order valence-corrected chi connectivity index (χ1v) is 9.05. The Morgan fingerprint density at radius 3 is 2.62 bits per heavy atom. The van der Waals surface area contributed by atoms with Gasteiger partial charge in [0.2, 0.25) is 0 Å². The zero-order chi connectivity index (χ0) is 18.7. The number of nitrogens with zero attached hydrogens (tertiary/aromatic N) is 2. The number of aliphatic hydroxyl groups is 1. The Morgan fingerprint density at radius 2 is 1.92 bits per heavy atom. The topological polar surface area (TPSA) is 70.1 Å². The molecule has 3 rings (SSSR count). The van der Waals surface area contributed by atoms with Gasteiger partial charge in [0.15, 0.2) is 0 Å². The number of hydrogen-bond acceptors (Lipinski definition) is 4. The second kappa shape index (κ2) is 7.72. The largest absolute Gasteiger partial charge is 0.389 e. The van der Waals surface area contributed by atoms with Crippen LogP contribution >= 0.6 is 0 Å². The second-order valence-corrected chi connectivity index (χ2v) is 7.11. The number of amides is 3. The van der Waals surface area contributed by atoms with Gasteiger partial charge >= 0.3 is 6.03 Å². The Balaban J connectivity index is 1.55. The molecule has 1 aliphatic carbocycles. The van der Waals surface area contributed by atoms with Crippen molar-refractivity contribution in [1.29, 1.82) is 0 Å². The highest BCUT2D eigenvalue weighted by Crippen LogP contribution is 2.39. The van der Waals surface area contributed by atoms with E-state index in [0.717, 1.165) is 24.2 Å². The molecule has 1 unspecified atom stereocenters. The summed E-state index contributed by atoms with van der Waals surface area (Å²) < 4.78 is 18.9. The summed E-state index contributed by atoms with van der Waals surface area (Å²) in [7, 11) is 1.66. The first-order chi connectivity index (χ1) is 12.5. The molecule has 1 saturated heterocycles. The van der Waals surface area contributed by atoms with Crippen LogP contribution in [0.5, 0.6) is 0 Å². The SMILES string of the molecule is CN1C(=O)N(CC(O)COCc2ccccc2F)C(=O)C12CCCCC2. The van der Waals surface area contributed by atoms with Gasteiger partial charge in [-0.05, 0) is 18.9 Å². The smallest absolute Gasteiger partial charge is 0.327 e. The fourth-order valence-electron chi connectivity index (χ4n) is 3.88. The summed E-state index contributed by atoms with van der Waals surface area (Å²) in [4.78, 5) is 28.0. The number of imide groups is 1. The van der Waals surface area contributed by atoms with E-state index in [2.05, 4.69) is 0 Å². The minimum Gasteiger partial charge on any atom is -0.389 e. The van der Waals surface area contributed by atoms with Crippen molar-refractivity contribution < 1.29 is 23.8 Å². The van der Waals surface area contributed by atoms with Crippen LogP contribution in [0.3, 0.4) is 0 Å². The summed E-state index contributed by atoms with van der Waals surface area (Å²) in [6.07, 6.45) is 3.25. The number of carbonyl (C=O) groups excluding carboxylic acids is 2. The van der Waals surface area contributed by atoms with E-state index in [0.29, 0.717) is 18.4 Å². The van der Waals surface area contributed by atoms with Crippen LogP contribution < -0.4 is 0 Å². The number of rotatable bonds is 6. The van der Waals surface area contributed by atoms with Crippen LogP contribution in [0.4, 0.5) is 9.18 Å². The minimum atomic E-state index is -1.01. The Hall–Kier alpha value is -1.99. The molecule has 1 aromatic carbocycles. The molecule has 1 heterocycles. The number of ether oxygens (including phenoxy) is 1. The predicted octanol–water partition coefficient (Wildman–Crippen LogP) is 2.30. The van der Waals surface area contributed by atoms with Crippen molar-refractivity contribution in [3.63, 3.8) is 0 Å². The second-order valence-electron chi connectivity index (χ2n) is 7.11. The first kappa shape index (κ1) is 18.8. The maximum atomic E-state index is 13.5. The highest BCUT2D eigenvalue weighted by molar-refractivity contribution is 6.07. The van der Waals surface area contributed by atoms with Crippen molar-refractivity contribution in [1.82, 2.24) is 9.80 Å². The van der Waals surface area contributed by atoms with Gasteiger partial charge in [-0.2, -0.15) is 0 Å². The number of halogens is 1. The van der Waals surface area contributed by atoms with E-state index < -0.39 is 11.6 Å². The lowest BCUT2D eigenvalue weighted by Crippen LogP contribution is -2.49. The molecule has 2 fully saturated rings. The molecule has 1 saturated carbocycles. The molecule has 1 aromatic rings. The third kappa shape index (κ3) is 3.46. The summed E-state index contributed by atoms with van der Waals surface area (Å²) in [6.45, 7) is -0.168. The molecule has 6 nitrogen and oxygen atoms in total. The molecule has 1 aliphatic heterocycles. The third-order valence-corrected chi connectivity index (χ3v) is 5.40. The Morgan fingerprint density at radius 1 is 1.23 bits per heavy atom. The van der Waals surface area contributed by atoms with Gasteiger partial charge in [0.05, 0.1) is 25.9 Å². The highest BCUT2D eigenvalue weighted by Gasteiger charge is 2.55. The molecule has 2 aliphatic rings.